The molecular weight excluding hydrogens is 194 g/mol. The normalized spacial score (nSPS) is 21.5. The molecule has 0 amide bonds. The van der Waals surface area contributed by atoms with Gasteiger partial charge in [0.25, 0.3) is 0 Å². The van der Waals surface area contributed by atoms with Crippen molar-refractivity contribution in [3.8, 4) is 0 Å². The third-order valence-electron chi connectivity index (χ3n) is 2.49. The van der Waals surface area contributed by atoms with Gasteiger partial charge in [-0.25, -0.2) is 0 Å². The molecule has 1 heterocycles. The van der Waals surface area contributed by atoms with Gasteiger partial charge in [0.05, 0.1) is 6.10 Å². The van der Waals surface area contributed by atoms with Gasteiger partial charge >= 0.3 is 0 Å². The second-order valence-corrected chi connectivity index (χ2v) is 5.01. The van der Waals surface area contributed by atoms with Crippen LogP contribution < -0.4 is 0 Å². The molecule has 0 spiro atoms. The summed E-state index contributed by atoms with van der Waals surface area (Å²) in [6.07, 6.45) is 4.74. The van der Waals surface area contributed by atoms with E-state index in [1.54, 1.807) is 0 Å². The highest BCUT2D eigenvalue weighted by molar-refractivity contribution is 7.99. The summed E-state index contributed by atoms with van der Waals surface area (Å²) in [5.74, 6) is 2.49. The molecule has 0 bridgehead atoms. The van der Waals surface area contributed by atoms with Gasteiger partial charge in [-0.2, -0.15) is 11.8 Å². The van der Waals surface area contributed by atoms with Crippen LogP contribution in [0.5, 0.6) is 0 Å². The van der Waals surface area contributed by atoms with Gasteiger partial charge < -0.3 is 5.11 Å². The first kappa shape index (κ1) is 12.1. The third-order valence-corrected chi connectivity index (χ3v) is 3.54. The first-order chi connectivity index (χ1) is 6.83. The van der Waals surface area contributed by atoms with Gasteiger partial charge in [0, 0.05) is 18.8 Å². The quantitative estimate of drug-likeness (QED) is 0.707. The SMILES string of the molecule is C=CCC[C@H](O)CN1CCCSCC1. The molecule has 82 valence electrons. The predicted octanol–water partition coefficient (Wildman–Crippen LogP) is 1.75. The second-order valence-electron chi connectivity index (χ2n) is 3.79. The summed E-state index contributed by atoms with van der Waals surface area (Å²) in [7, 11) is 0. The molecule has 0 aliphatic carbocycles. The Hall–Kier alpha value is 0.0100. The lowest BCUT2D eigenvalue weighted by Gasteiger charge is -2.22. The predicted molar refractivity (Wildman–Crippen MR) is 63.8 cm³/mol. The molecule has 1 aliphatic heterocycles. The lowest BCUT2D eigenvalue weighted by molar-refractivity contribution is 0.110. The molecule has 2 nitrogen and oxygen atoms in total. The number of aliphatic hydroxyl groups is 1. The molecule has 0 saturated carbocycles. The van der Waals surface area contributed by atoms with Crippen LogP contribution in [-0.2, 0) is 0 Å². The minimum atomic E-state index is -0.170. The van der Waals surface area contributed by atoms with Crippen LogP contribution in [0.1, 0.15) is 19.3 Å². The molecule has 0 aromatic carbocycles. The topological polar surface area (TPSA) is 23.5 Å². The van der Waals surface area contributed by atoms with Gasteiger partial charge in [-0.15, -0.1) is 6.58 Å². The van der Waals surface area contributed by atoms with E-state index in [4.69, 9.17) is 0 Å². The van der Waals surface area contributed by atoms with Crippen LogP contribution in [0.3, 0.4) is 0 Å². The molecular formula is C11H21NOS. The van der Waals surface area contributed by atoms with Crippen molar-refractivity contribution in [1.29, 1.82) is 0 Å². The fourth-order valence-electron chi connectivity index (χ4n) is 1.68. The lowest BCUT2D eigenvalue weighted by atomic mass is 10.2. The van der Waals surface area contributed by atoms with Crippen molar-refractivity contribution in [2.45, 2.75) is 25.4 Å². The van der Waals surface area contributed by atoms with Crippen LogP contribution in [0, 0.1) is 0 Å². The fraction of sp³-hybridized carbons (Fsp3) is 0.818. The van der Waals surface area contributed by atoms with Crippen molar-refractivity contribution in [3.05, 3.63) is 12.7 Å². The number of hydrogen-bond acceptors (Lipinski definition) is 3. The Balaban J connectivity index is 2.16. The Morgan fingerprint density at radius 2 is 2.29 bits per heavy atom. The van der Waals surface area contributed by atoms with E-state index in [1.807, 2.05) is 17.8 Å². The van der Waals surface area contributed by atoms with Crippen molar-refractivity contribution in [2.75, 3.05) is 31.1 Å². The molecule has 0 aromatic heterocycles. The maximum atomic E-state index is 9.73. The molecule has 14 heavy (non-hydrogen) atoms. The van der Waals surface area contributed by atoms with E-state index < -0.39 is 0 Å². The minimum absolute atomic E-state index is 0.170. The Labute approximate surface area is 91.4 Å². The van der Waals surface area contributed by atoms with Crippen LogP contribution in [0.25, 0.3) is 0 Å². The van der Waals surface area contributed by atoms with E-state index >= 15 is 0 Å². The zero-order valence-electron chi connectivity index (χ0n) is 8.82. The van der Waals surface area contributed by atoms with Gasteiger partial charge in [0.1, 0.15) is 0 Å². The Morgan fingerprint density at radius 3 is 3.07 bits per heavy atom. The summed E-state index contributed by atoms with van der Waals surface area (Å²) < 4.78 is 0. The number of rotatable bonds is 5. The molecule has 0 unspecified atom stereocenters. The average molecular weight is 215 g/mol. The van der Waals surface area contributed by atoms with Gasteiger partial charge in [-0.05, 0) is 31.6 Å². The average Bonchev–Trinajstić information content (AvgIpc) is 2.43. The maximum absolute atomic E-state index is 9.73. The second kappa shape index (κ2) is 7.32. The smallest absolute Gasteiger partial charge is 0.0670 e. The molecule has 3 heteroatoms. The van der Waals surface area contributed by atoms with Crippen molar-refractivity contribution in [1.82, 2.24) is 4.90 Å². The van der Waals surface area contributed by atoms with Crippen LogP contribution >= 0.6 is 11.8 Å². The van der Waals surface area contributed by atoms with E-state index in [1.165, 1.54) is 17.9 Å². The summed E-state index contributed by atoms with van der Waals surface area (Å²) >= 11 is 2.02. The highest BCUT2D eigenvalue weighted by Crippen LogP contribution is 2.11. The van der Waals surface area contributed by atoms with E-state index in [2.05, 4.69) is 11.5 Å². The Morgan fingerprint density at radius 1 is 1.43 bits per heavy atom. The Bertz CT molecular complexity index is 155. The van der Waals surface area contributed by atoms with Crippen LogP contribution in [0.4, 0.5) is 0 Å². The molecule has 1 fully saturated rings. The zero-order valence-corrected chi connectivity index (χ0v) is 9.64. The standard InChI is InChI=1S/C11H21NOS/c1-2-3-5-11(13)10-12-6-4-8-14-9-7-12/h2,11,13H,1,3-10H2/t11-/m0/s1. The zero-order chi connectivity index (χ0) is 10.2. The van der Waals surface area contributed by atoms with Gasteiger partial charge in [-0.1, -0.05) is 6.08 Å². The maximum Gasteiger partial charge on any atom is 0.0670 e. The van der Waals surface area contributed by atoms with E-state index in [0.717, 1.165) is 32.5 Å². The summed E-state index contributed by atoms with van der Waals surface area (Å²) in [6, 6.07) is 0. The number of aliphatic hydroxyl groups excluding tert-OH is 1. The van der Waals surface area contributed by atoms with E-state index in [9.17, 15) is 5.11 Å². The van der Waals surface area contributed by atoms with Crippen LogP contribution in [-0.4, -0.2) is 47.3 Å². The first-order valence-corrected chi connectivity index (χ1v) is 6.57. The van der Waals surface area contributed by atoms with E-state index in [0.29, 0.717) is 0 Å². The molecule has 1 atom stereocenters. The first-order valence-electron chi connectivity index (χ1n) is 5.42. The van der Waals surface area contributed by atoms with E-state index in [-0.39, 0.29) is 6.10 Å². The number of β-amino-alcohol motifs (C(OH)–C–C–N with tert-alkyl or cyclic N) is 1. The fourth-order valence-corrected chi connectivity index (χ4v) is 2.60. The highest BCUT2D eigenvalue weighted by atomic mass is 32.2. The number of hydrogen-bond donors (Lipinski definition) is 1. The van der Waals surface area contributed by atoms with Crippen molar-refractivity contribution in [2.24, 2.45) is 0 Å². The van der Waals surface area contributed by atoms with Gasteiger partial charge in [0.15, 0.2) is 0 Å². The number of allylic oxidation sites excluding steroid dienone is 1. The molecule has 0 radical (unpaired) electrons. The van der Waals surface area contributed by atoms with Gasteiger partial charge in [0.2, 0.25) is 0 Å². The largest absolute Gasteiger partial charge is 0.392 e. The molecule has 1 rings (SSSR count). The molecule has 1 saturated heterocycles. The van der Waals surface area contributed by atoms with Crippen molar-refractivity contribution >= 4 is 11.8 Å². The minimum Gasteiger partial charge on any atom is -0.392 e. The number of thioether (sulfide) groups is 1. The summed E-state index contributed by atoms with van der Waals surface area (Å²) in [4.78, 5) is 2.38. The van der Waals surface area contributed by atoms with Crippen LogP contribution in [0.2, 0.25) is 0 Å². The molecule has 0 aromatic rings. The monoisotopic (exact) mass is 215 g/mol. The third kappa shape index (κ3) is 5.03. The summed E-state index contributed by atoms with van der Waals surface area (Å²) in [6.45, 7) is 6.79. The van der Waals surface area contributed by atoms with Crippen molar-refractivity contribution < 1.29 is 5.11 Å². The van der Waals surface area contributed by atoms with Crippen LogP contribution in [0.15, 0.2) is 12.7 Å². The summed E-state index contributed by atoms with van der Waals surface area (Å²) in [5, 5.41) is 9.73. The Kier molecular flexibility index (Phi) is 6.32. The lowest BCUT2D eigenvalue weighted by Crippen LogP contribution is -2.34. The molecule has 1 aliphatic rings. The highest BCUT2D eigenvalue weighted by Gasteiger charge is 2.12. The summed E-state index contributed by atoms with van der Waals surface area (Å²) in [5.41, 5.74) is 0. The molecule has 1 N–H and O–H groups in total. The van der Waals surface area contributed by atoms with Crippen molar-refractivity contribution in [3.63, 3.8) is 0 Å². The van der Waals surface area contributed by atoms with Gasteiger partial charge in [-0.3, -0.25) is 4.90 Å². The number of nitrogens with zero attached hydrogens (tertiary/aromatic N) is 1.